The van der Waals surface area contributed by atoms with E-state index in [2.05, 4.69) is 15.8 Å². The molecule has 0 aliphatic rings. The molecule has 6 nitrogen and oxygen atoms in total. The Bertz CT molecular complexity index is 713. The molecule has 2 aromatic rings. The van der Waals surface area contributed by atoms with Gasteiger partial charge in [-0.1, -0.05) is 5.16 Å². The van der Waals surface area contributed by atoms with Gasteiger partial charge in [-0.2, -0.15) is 13.2 Å². The molecular formula is C13H12F3N3O3S. The van der Waals surface area contributed by atoms with Crippen molar-refractivity contribution in [3.05, 3.63) is 41.8 Å². The first-order chi connectivity index (χ1) is 10.8. The van der Waals surface area contributed by atoms with Gasteiger partial charge in [0.1, 0.15) is 11.5 Å². The number of hydrogen-bond acceptors (Lipinski definition) is 4. The van der Waals surface area contributed by atoms with Crippen LogP contribution in [0.4, 0.5) is 23.7 Å². The number of halogens is 3. The van der Waals surface area contributed by atoms with Gasteiger partial charge in [-0.25, -0.2) is 9.00 Å². The Kier molecular flexibility index (Phi) is 5.04. The van der Waals surface area contributed by atoms with Gasteiger partial charge in [0.15, 0.2) is 10.8 Å². The molecule has 1 aromatic carbocycles. The molecule has 124 valence electrons. The summed E-state index contributed by atoms with van der Waals surface area (Å²) in [5, 5.41) is 8.64. The quantitative estimate of drug-likeness (QED) is 0.891. The maximum Gasteiger partial charge on any atom is 0.475 e. The molecule has 2 rings (SSSR count). The molecule has 1 atom stereocenters. The van der Waals surface area contributed by atoms with Crippen molar-refractivity contribution in [2.45, 2.75) is 23.9 Å². The Hall–Kier alpha value is -2.36. The standard InChI is InChI=1S/C13H12F3N3O3S/c1-8-6-10(19-22-8)7-17-12(20)18-9-2-4-11(5-3-9)23(21)13(14,15)16/h2-6H,7H2,1H3,(H2,17,18,20)/t23-/m1/s1. The number of carbonyl (C=O) groups is 1. The molecule has 2 amide bonds. The molecule has 0 spiro atoms. The molecule has 0 unspecified atom stereocenters. The third kappa shape index (κ3) is 4.81. The monoisotopic (exact) mass is 347 g/mol. The third-order valence-corrected chi connectivity index (χ3v) is 3.76. The zero-order valence-corrected chi connectivity index (χ0v) is 12.6. The number of anilines is 1. The number of aromatic nitrogens is 1. The Morgan fingerprint density at radius 3 is 2.48 bits per heavy atom. The number of nitrogens with one attached hydrogen (secondary N) is 2. The van der Waals surface area contributed by atoms with Crippen molar-refractivity contribution in [1.29, 1.82) is 0 Å². The summed E-state index contributed by atoms with van der Waals surface area (Å²) >= 11 is 0. The SMILES string of the molecule is Cc1cc(CNC(=O)Nc2ccc([S@@](=O)C(F)(F)F)cc2)no1. The number of amides is 2. The van der Waals surface area contributed by atoms with Gasteiger partial charge >= 0.3 is 11.5 Å². The minimum absolute atomic E-state index is 0.138. The fourth-order valence-electron chi connectivity index (χ4n) is 1.64. The van der Waals surface area contributed by atoms with Crippen molar-refractivity contribution >= 4 is 22.5 Å². The van der Waals surface area contributed by atoms with E-state index in [-0.39, 0.29) is 17.1 Å². The summed E-state index contributed by atoms with van der Waals surface area (Å²) in [4.78, 5) is 11.3. The number of aryl methyl sites for hydroxylation is 1. The summed E-state index contributed by atoms with van der Waals surface area (Å²) in [5.74, 6) is 0.607. The Labute approximate surface area is 131 Å². The van der Waals surface area contributed by atoms with Gasteiger partial charge in [-0.15, -0.1) is 0 Å². The molecule has 0 aliphatic carbocycles. The van der Waals surface area contributed by atoms with Gasteiger partial charge in [0.25, 0.3) is 0 Å². The minimum Gasteiger partial charge on any atom is -0.361 e. The van der Waals surface area contributed by atoms with Crippen LogP contribution in [0.2, 0.25) is 0 Å². The summed E-state index contributed by atoms with van der Waals surface area (Å²) in [5.41, 5.74) is -4.02. The first kappa shape index (κ1) is 17.0. The van der Waals surface area contributed by atoms with Crippen molar-refractivity contribution in [1.82, 2.24) is 10.5 Å². The van der Waals surface area contributed by atoms with Crippen LogP contribution in [0.1, 0.15) is 11.5 Å². The second-order valence-corrected chi connectivity index (χ2v) is 5.95. The average molecular weight is 347 g/mol. The van der Waals surface area contributed by atoms with Crippen LogP contribution in [-0.4, -0.2) is 20.9 Å². The van der Waals surface area contributed by atoms with Crippen LogP contribution in [-0.2, 0) is 17.3 Å². The maximum absolute atomic E-state index is 12.3. The third-order valence-electron chi connectivity index (χ3n) is 2.64. The van der Waals surface area contributed by atoms with E-state index in [1.54, 1.807) is 13.0 Å². The van der Waals surface area contributed by atoms with Crippen LogP contribution in [0.25, 0.3) is 0 Å². The molecule has 0 radical (unpaired) electrons. The summed E-state index contributed by atoms with van der Waals surface area (Å²) in [6.45, 7) is 1.85. The fourth-order valence-corrected chi connectivity index (χ4v) is 2.29. The highest BCUT2D eigenvalue weighted by atomic mass is 32.2. The summed E-state index contributed by atoms with van der Waals surface area (Å²) in [7, 11) is -3.09. The average Bonchev–Trinajstić information content (AvgIpc) is 2.90. The topological polar surface area (TPSA) is 84.2 Å². The molecule has 0 bridgehead atoms. The molecule has 23 heavy (non-hydrogen) atoms. The summed E-state index contributed by atoms with van der Waals surface area (Å²) < 4.78 is 52.9. The lowest BCUT2D eigenvalue weighted by molar-refractivity contribution is -0.0384. The molecule has 0 aliphatic heterocycles. The molecule has 0 saturated heterocycles. The van der Waals surface area contributed by atoms with Gasteiger partial charge < -0.3 is 15.2 Å². The maximum atomic E-state index is 12.3. The number of nitrogens with zero attached hydrogens (tertiary/aromatic N) is 1. The largest absolute Gasteiger partial charge is 0.475 e. The van der Waals surface area contributed by atoms with Gasteiger partial charge in [0, 0.05) is 16.6 Å². The van der Waals surface area contributed by atoms with E-state index in [0.29, 0.717) is 11.5 Å². The fraction of sp³-hybridized carbons (Fsp3) is 0.231. The number of rotatable bonds is 4. The molecule has 0 fully saturated rings. The highest BCUT2D eigenvalue weighted by Gasteiger charge is 2.37. The van der Waals surface area contributed by atoms with Crippen molar-refractivity contribution < 1.29 is 26.7 Å². The molecule has 1 aromatic heterocycles. The first-order valence-electron chi connectivity index (χ1n) is 6.31. The first-order valence-corrected chi connectivity index (χ1v) is 7.46. The van der Waals surface area contributed by atoms with E-state index in [1.165, 1.54) is 12.1 Å². The van der Waals surface area contributed by atoms with Crippen molar-refractivity contribution in [3.8, 4) is 0 Å². The van der Waals surface area contributed by atoms with Crippen molar-refractivity contribution in [2.24, 2.45) is 0 Å². The van der Waals surface area contributed by atoms with E-state index in [9.17, 15) is 22.2 Å². The predicted molar refractivity (Wildman–Crippen MR) is 76.0 cm³/mol. The van der Waals surface area contributed by atoms with Crippen molar-refractivity contribution in [3.63, 3.8) is 0 Å². The summed E-state index contributed by atoms with van der Waals surface area (Å²) in [6.07, 6.45) is 0. The normalized spacial score (nSPS) is 12.7. The lowest BCUT2D eigenvalue weighted by Crippen LogP contribution is -2.28. The van der Waals surface area contributed by atoms with E-state index in [4.69, 9.17) is 4.52 Å². The van der Waals surface area contributed by atoms with Crippen LogP contribution in [0, 0.1) is 6.92 Å². The highest BCUT2D eigenvalue weighted by Crippen LogP contribution is 2.26. The van der Waals surface area contributed by atoms with Gasteiger partial charge in [0.05, 0.1) is 6.54 Å². The minimum atomic E-state index is -4.82. The lowest BCUT2D eigenvalue weighted by Gasteiger charge is -2.08. The number of carbonyl (C=O) groups excluding carboxylic acids is 1. The van der Waals surface area contributed by atoms with Crippen LogP contribution in [0.5, 0.6) is 0 Å². The Balaban J connectivity index is 1.90. The molecule has 0 saturated carbocycles. The second kappa shape index (κ2) is 6.82. The highest BCUT2D eigenvalue weighted by molar-refractivity contribution is 7.86. The van der Waals surface area contributed by atoms with Crippen LogP contribution >= 0.6 is 0 Å². The molecule has 10 heteroatoms. The summed E-state index contributed by atoms with van der Waals surface area (Å²) in [6, 6.07) is 5.65. The molecule has 2 N–H and O–H groups in total. The molecular weight excluding hydrogens is 335 g/mol. The van der Waals surface area contributed by atoms with E-state index in [0.717, 1.165) is 12.1 Å². The molecule has 1 heterocycles. The number of benzene rings is 1. The van der Waals surface area contributed by atoms with Gasteiger partial charge in [0.2, 0.25) is 0 Å². The number of urea groups is 1. The predicted octanol–water partition coefficient (Wildman–Crippen LogP) is 2.93. The van der Waals surface area contributed by atoms with E-state index in [1.807, 2.05) is 0 Å². The number of alkyl halides is 3. The van der Waals surface area contributed by atoms with Crippen LogP contribution < -0.4 is 10.6 Å². The number of hydrogen-bond donors (Lipinski definition) is 2. The van der Waals surface area contributed by atoms with E-state index < -0.39 is 22.3 Å². The zero-order valence-electron chi connectivity index (χ0n) is 11.8. The van der Waals surface area contributed by atoms with E-state index >= 15 is 0 Å². The lowest BCUT2D eigenvalue weighted by atomic mass is 10.3. The Morgan fingerprint density at radius 1 is 1.30 bits per heavy atom. The van der Waals surface area contributed by atoms with Crippen LogP contribution in [0.15, 0.2) is 39.8 Å². The van der Waals surface area contributed by atoms with Crippen molar-refractivity contribution in [2.75, 3.05) is 5.32 Å². The second-order valence-electron chi connectivity index (χ2n) is 4.48. The van der Waals surface area contributed by atoms with Gasteiger partial charge in [-0.3, -0.25) is 0 Å². The zero-order chi connectivity index (χ0) is 17.0. The Morgan fingerprint density at radius 2 is 1.96 bits per heavy atom. The van der Waals surface area contributed by atoms with Crippen LogP contribution in [0.3, 0.4) is 0 Å². The van der Waals surface area contributed by atoms with Gasteiger partial charge in [-0.05, 0) is 31.2 Å². The smallest absolute Gasteiger partial charge is 0.361 e.